The zero-order chi connectivity index (χ0) is 21.2. The molecule has 0 saturated carbocycles. The fourth-order valence-electron chi connectivity index (χ4n) is 2.68. The number of aryl methyl sites for hydroxylation is 1. The lowest BCUT2D eigenvalue weighted by atomic mass is 10.1. The number of hydrazine groups is 1. The molecule has 2 aromatic rings. The Bertz CT molecular complexity index is 836. The van der Waals surface area contributed by atoms with Gasteiger partial charge in [-0.25, -0.2) is 0 Å². The van der Waals surface area contributed by atoms with E-state index in [2.05, 4.69) is 10.9 Å². The van der Waals surface area contributed by atoms with E-state index in [1.54, 1.807) is 18.2 Å². The number of carbonyl (C=O) groups excluding carboxylic acids is 2. The van der Waals surface area contributed by atoms with Crippen molar-refractivity contribution in [2.45, 2.75) is 39.7 Å². The molecule has 0 atom stereocenters. The molecular weight excluding hydrogens is 372 g/mol. The van der Waals surface area contributed by atoms with Gasteiger partial charge in [-0.15, -0.1) is 0 Å². The SMILES string of the molecule is CCOc1ccccc1CCC(=O)NNC(=O)c1ccc(OC(C)C)c(OC)c1. The molecule has 0 spiro atoms. The second-order valence-electron chi connectivity index (χ2n) is 6.58. The van der Waals surface area contributed by atoms with Crippen LogP contribution in [0.5, 0.6) is 17.2 Å². The molecule has 7 nitrogen and oxygen atoms in total. The maximum absolute atomic E-state index is 12.3. The highest BCUT2D eigenvalue weighted by molar-refractivity contribution is 5.96. The van der Waals surface area contributed by atoms with Crippen LogP contribution in [0.4, 0.5) is 0 Å². The summed E-state index contributed by atoms with van der Waals surface area (Å²) in [4.78, 5) is 24.4. The van der Waals surface area contributed by atoms with Crippen molar-refractivity contribution >= 4 is 11.8 Å². The highest BCUT2D eigenvalue weighted by atomic mass is 16.5. The van der Waals surface area contributed by atoms with Crippen molar-refractivity contribution in [2.24, 2.45) is 0 Å². The molecule has 0 aliphatic carbocycles. The van der Waals surface area contributed by atoms with Crippen LogP contribution in [0.2, 0.25) is 0 Å². The van der Waals surface area contributed by atoms with E-state index in [0.29, 0.717) is 30.1 Å². The van der Waals surface area contributed by atoms with Crippen molar-refractivity contribution in [3.8, 4) is 17.2 Å². The molecule has 0 unspecified atom stereocenters. The van der Waals surface area contributed by atoms with Crippen LogP contribution >= 0.6 is 0 Å². The molecule has 0 bridgehead atoms. The lowest BCUT2D eigenvalue weighted by Crippen LogP contribution is -2.41. The summed E-state index contributed by atoms with van der Waals surface area (Å²) in [6, 6.07) is 12.4. The third-order valence-electron chi connectivity index (χ3n) is 4.00. The molecule has 0 radical (unpaired) electrons. The largest absolute Gasteiger partial charge is 0.494 e. The zero-order valence-corrected chi connectivity index (χ0v) is 17.3. The van der Waals surface area contributed by atoms with Crippen molar-refractivity contribution in [3.63, 3.8) is 0 Å². The van der Waals surface area contributed by atoms with Gasteiger partial charge in [-0.2, -0.15) is 0 Å². The monoisotopic (exact) mass is 400 g/mol. The summed E-state index contributed by atoms with van der Waals surface area (Å²) >= 11 is 0. The van der Waals surface area contributed by atoms with Gasteiger partial charge in [0.2, 0.25) is 5.91 Å². The minimum absolute atomic E-state index is 0.0179. The van der Waals surface area contributed by atoms with Gasteiger partial charge in [0.15, 0.2) is 11.5 Å². The number of hydrogen-bond acceptors (Lipinski definition) is 5. The Morgan fingerprint density at radius 3 is 2.45 bits per heavy atom. The fourth-order valence-corrected chi connectivity index (χ4v) is 2.68. The van der Waals surface area contributed by atoms with E-state index in [-0.39, 0.29) is 18.4 Å². The van der Waals surface area contributed by atoms with Crippen LogP contribution in [0.3, 0.4) is 0 Å². The predicted molar refractivity (Wildman–Crippen MR) is 110 cm³/mol. The summed E-state index contributed by atoms with van der Waals surface area (Å²) in [5, 5.41) is 0. The van der Waals surface area contributed by atoms with E-state index in [0.717, 1.165) is 11.3 Å². The number of rotatable bonds is 9. The van der Waals surface area contributed by atoms with Gasteiger partial charge in [0, 0.05) is 12.0 Å². The molecule has 0 saturated heterocycles. The molecule has 0 fully saturated rings. The maximum atomic E-state index is 12.3. The summed E-state index contributed by atoms with van der Waals surface area (Å²) < 4.78 is 16.5. The van der Waals surface area contributed by atoms with Crippen molar-refractivity contribution in [2.75, 3.05) is 13.7 Å². The van der Waals surface area contributed by atoms with Gasteiger partial charge >= 0.3 is 0 Å². The second-order valence-corrected chi connectivity index (χ2v) is 6.58. The summed E-state index contributed by atoms with van der Waals surface area (Å²) in [6.45, 7) is 6.28. The lowest BCUT2D eigenvalue weighted by molar-refractivity contribution is -0.121. The van der Waals surface area contributed by atoms with Crippen LogP contribution in [-0.4, -0.2) is 31.6 Å². The zero-order valence-electron chi connectivity index (χ0n) is 17.3. The fraction of sp³-hybridized carbons (Fsp3) is 0.364. The van der Waals surface area contributed by atoms with E-state index in [4.69, 9.17) is 14.2 Å². The highest BCUT2D eigenvalue weighted by Gasteiger charge is 2.13. The molecule has 0 aromatic heterocycles. The number of para-hydroxylation sites is 1. The average Bonchev–Trinajstić information content (AvgIpc) is 2.71. The number of hydrogen-bond donors (Lipinski definition) is 2. The minimum Gasteiger partial charge on any atom is -0.494 e. The predicted octanol–water partition coefficient (Wildman–Crippen LogP) is 3.27. The second kappa shape index (κ2) is 10.9. The van der Waals surface area contributed by atoms with Gasteiger partial charge < -0.3 is 14.2 Å². The van der Waals surface area contributed by atoms with E-state index < -0.39 is 5.91 Å². The standard InChI is InChI=1S/C22H28N2O5/c1-5-28-18-9-7-6-8-16(18)11-13-21(25)23-24-22(26)17-10-12-19(29-15(2)3)20(14-17)27-4/h6-10,12,14-15H,5,11,13H2,1-4H3,(H,23,25)(H,24,26). The Morgan fingerprint density at radius 2 is 1.76 bits per heavy atom. The first-order chi connectivity index (χ1) is 13.9. The van der Waals surface area contributed by atoms with Gasteiger partial charge in [0.1, 0.15) is 5.75 Å². The van der Waals surface area contributed by atoms with Crippen molar-refractivity contribution < 1.29 is 23.8 Å². The number of carbonyl (C=O) groups is 2. The Morgan fingerprint density at radius 1 is 1.00 bits per heavy atom. The first kappa shape index (κ1) is 22.1. The summed E-state index contributed by atoms with van der Waals surface area (Å²) in [6.07, 6.45) is 0.706. The lowest BCUT2D eigenvalue weighted by Gasteiger charge is -2.14. The molecule has 0 heterocycles. The van der Waals surface area contributed by atoms with E-state index in [9.17, 15) is 9.59 Å². The molecular formula is C22H28N2O5. The Hall–Kier alpha value is -3.22. The number of methoxy groups -OCH3 is 1. The van der Waals surface area contributed by atoms with Crippen LogP contribution < -0.4 is 25.1 Å². The van der Waals surface area contributed by atoms with E-state index >= 15 is 0 Å². The third kappa shape index (κ3) is 6.71. The van der Waals surface area contributed by atoms with Crippen LogP contribution in [0.25, 0.3) is 0 Å². The quantitative estimate of drug-likeness (QED) is 0.631. The smallest absolute Gasteiger partial charge is 0.269 e. The molecule has 2 rings (SSSR count). The summed E-state index contributed by atoms with van der Waals surface area (Å²) in [7, 11) is 1.51. The van der Waals surface area contributed by atoms with Gasteiger partial charge in [0.25, 0.3) is 5.91 Å². The van der Waals surface area contributed by atoms with Gasteiger partial charge in [0.05, 0.1) is 19.8 Å². The van der Waals surface area contributed by atoms with Crippen LogP contribution in [-0.2, 0) is 11.2 Å². The molecule has 156 valence electrons. The molecule has 2 aromatic carbocycles. The molecule has 0 aliphatic rings. The first-order valence-corrected chi connectivity index (χ1v) is 9.59. The van der Waals surface area contributed by atoms with Gasteiger partial charge in [-0.3, -0.25) is 20.4 Å². The van der Waals surface area contributed by atoms with Crippen LogP contribution in [0, 0.1) is 0 Å². The number of nitrogens with one attached hydrogen (secondary N) is 2. The normalized spacial score (nSPS) is 10.4. The Kier molecular flexibility index (Phi) is 8.33. The molecule has 7 heteroatoms. The number of ether oxygens (including phenoxy) is 3. The number of benzene rings is 2. The van der Waals surface area contributed by atoms with Crippen LogP contribution in [0.15, 0.2) is 42.5 Å². The summed E-state index contributed by atoms with van der Waals surface area (Å²) in [5.74, 6) is 1.03. The topological polar surface area (TPSA) is 85.9 Å². The maximum Gasteiger partial charge on any atom is 0.269 e. The van der Waals surface area contributed by atoms with Crippen molar-refractivity contribution in [3.05, 3.63) is 53.6 Å². The first-order valence-electron chi connectivity index (χ1n) is 9.59. The van der Waals surface area contributed by atoms with Crippen molar-refractivity contribution in [1.29, 1.82) is 0 Å². The minimum atomic E-state index is -0.442. The third-order valence-corrected chi connectivity index (χ3v) is 4.00. The van der Waals surface area contributed by atoms with Gasteiger partial charge in [-0.05, 0) is 57.0 Å². The van der Waals surface area contributed by atoms with E-state index in [1.165, 1.54) is 7.11 Å². The summed E-state index contributed by atoms with van der Waals surface area (Å²) in [5.41, 5.74) is 6.15. The van der Waals surface area contributed by atoms with Gasteiger partial charge in [-0.1, -0.05) is 18.2 Å². The Balaban J connectivity index is 1.89. The molecule has 0 aliphatic heterocycles. The van der Waals surface area contributed by atoms with E-state index in [1.807, 2.05) is 45.0 Å². The highest BCUT2D eigenvalue weighted by Crippen LogP contribution is 2.28. The number of amides is 2. The molecule has 2 N–H and O–H groups in total. The Labute approximate surface area is 171 Å². The average molecular weight is 400 g/mol. The van der Waals surface area contributed by atoms with Crippen molar-refractivity contribution in [1.82, 2.24) is 10.9 Å². The molecule has 2 amide bonds. The molecule has 29 heavy (non-hydrogen) atoms. The van der Waals surface area contributed by atoms with Crippen LogP contribution in [0.1, 0.15) is 43.1 Å².